The highest BCUT2D eigenvalue weighted by Crippen LogP contribution is 2.54. The van der Waals surface area contributed by atoms with E-state index in [1.165, 1.54) is 27.7 Å². The Bertz CT molecular complexity index is 1420. The van der Waals surface area contributed by atoms with Crippen LogP contribution in [0.15, 0.2) is 36.7 Å². The van der Waals surface area contributed by atoms with E-state index in [1.54, 1.807) is 0 Å². The minimum atomic E-state index is 0.324. The molecule has 4 heterocycles. The van der Waals surface area contributed by atoms with E-state index in [2.05, 4.69) is 53.7 Å². The second kappa shape index (κ2) is 6.11. The molecule has 1 fully saturated rings. The van der Waals surface area contributed by atoms with Crippen molar-refractivity contribution in [1.29, 1.82) is 0 Å². The van der Waals surface area contributed by atoms with E-state index in [1.807, 2.05) is 24.6 Å². The van der Waals surface area contributed by atoms with Crippen LogP contribution in [0.4, 0.5) is 0 Å². The van der Waals surface area contributed by atoms with Crippen molar-refractivity contribution in [2.24, 2.45) is 0 Å². The fourth-order valence-corrected chi connectivity index (χ4v) is 4.77. The molecule has 30 heavy (non-hydrogen) atoms. The van der Waals surface area contributed by atoms with Gasteiger partial charge in [-0.1, -0.05) is 25.1 Å². The molecule has 0 saturated heterocycles. The lowest BCUT2D eigenvalue weighted by atomic mass is 10.0. The largest absolute Gasteiger partial charge is 0.304 e. The number of hydrogen-bond donors (Lipinski definition) is 0. The van der Waals surface area contributed by atoms with Gasteiger partial charge in [-0.25, -0.2) is 14.5 Å². The zero-order valence-corrected chi connectivity index (χ0v) is 17.7. The van der Waals surface area contributed by atoms with Crippen LogP contribution in [0.25, 0.3) is 22.1 Å². The Hall–Kier alpha value is -3.28. The molecular formula is C24H24N6. The van der Waals surface area contributed by atoms with E-state index < -0.39 is 0 Å². The van der Waals surface area contributed by atoms with E-state index in [0.717, 1.165) is 41.3 Å². The van der Waals surface area contributed by atoms with Crippen molar-refractivity contribution in [2.45, 2.75) is 52.4 Å². The van der Waals surface area contributed by atoms with Crippen LogP contribution >= 0.6 is 0 Å². The van der Waals surface area contributed by atoms with E-state index in [0.29, 0.717) is 11.8 Å². The third-order valence-corrected chi connectivity index (χ3v) is 6.59. The van der Waals surface area contributed by atoms with Gasteiger partial charge in [-0.15, -0.1) is 0 Å². The van der Waals surface area contributed by atoms with Crippen molar-refractivity contribution >= 4 is 22.1 Å². The zero-order valence-electron chi connectivity index (χ0n) is 17.7. The van der Waals surface area contributed by atoms with Gasteiger partial charge in [0, 0.05) is 35.3 Å². The summed E-state index contributed by atoms with van der Waals surface area (Å²) in [6, 6.07) is 8.77. The standard InChI is InChI=1S/C24H24N6/c1-5-16-7-6-8-18-17(16)9-10-29-15(4)21(26-24(18)29)19-11-20(19)22-27-23-14(3)25-12-13(2)30(23)28-22/h6-10,12,19-20H,5,11H2,1-4H3. The highest BCUT2D eigenvalue weighted by Gasteiger charge is 2.45. The molecule has 6 nitrogen and oxygen atoms in total. The van der Waals surface area contributed by atoms with Crippen LogP contribution in [-0.4, -0.2) is 29.0 Å². The minimum absolute atomic E-state index is 0.324. The zero-order chi connectivity index (χ0) is 20.6. The number of hydrogen-bond acceptors (Lipinski definition) is 4. The molecule has 150 valence electrons. The number of aromatic nitrogens is 6. The maximum atomic E-state index is 5.13. The predicted molar refractivity (Wildman–Crippen MR) is 117 cm³/mol. The highest BCUT2D eigenvalue weighted by molar-refractivity contribution is 5.96. The predicted octanol–water partition coefficient (Wildman–Crippen LogP) is 4.68. The Labute approximate surface area is 174 Å². The molecule has 6 heteroatoms. The Morgan fingerprint density at radius 1 is 1.00 bits per heavy atom. The number of pyridine rings is 1. The molecule has 1 saturated carbocycles. The summed E-state index contributed by atoms with van der Waals surface area (Å²) in [5.41, 5.74) is 7.61. The smallest absolute Gasteiger partial charge is 0.177 e. The Morgan fingerprint density at radius 2 is 1.87 bits per heavy atom. The lowest BCUT2D eigenvalue weighted by Gasteiger charge is -2.06. The molecule has 6 rings (SSSR count). The fraction of sp³-hybridized carbons (Fsp3) is 0.333. The molecule has 5 aromatic rings. The van der Waals surface area contributed by atoms with E-state index in [9.17, 15) is 0 Å². The first kappa shape index (κ1) is 17.6. The summed E-state index contributed by atoms with van der Waals surface area (Å²) in [6.07, 6.45) is 6.10. The van der Waals surface area contributed by atoms with Gasteiger partial charge in [0.2, 0.25) is 0 Å². The van der Waals surface area contributed by atoms with Gasteiger partial charge in [-0.05, 0) is 50.6 Å². The lowest BCUT2D eigenvalue weighted by Crippen LogP contribution is -1.97. The SMILES string of the molecule is CCc1cccc2c1ccn1c(C)c(C3CC3c3nc4c(C)ncc(C)n4n3)nc21. The molecule has 4 aromatic heterocycles. The molecule has 0 N–H and O–H groups in total. The molecule has 0 spiro atoms. The van der Waals surface area contributed by atoms with Crippen LogP contribution in [0.1, 0.15) is 59.3 Å². The summed E-state index contributed by atoms with van der Waals surface area (Å²) >= 11 is 0. The molecule has 0 bridgehead atoms. The fourth-order valence-electron chi connectivity index (χ4n) is 4.77. The number of nitrogens with zero attached hydrogens (tertiary/aromatic N) is 6. The van der Waals surface area contributed by atoms with Gasteiger partial charge in [0.1, 0.15) is 5.65 Å². The van der Waals surface area contributed by atoms with Crippen LogP contribution in [0, 0.1) is 20.8 Å². The van der Waals surface area contributed by atoms with Crippen LogP contribution < -0.4 is 0 Å². The summed E-state index contributed by atoms with van der Waals surface area (Å²) in [5.74, 6) is 1.61. The molecule has 2 atom stereocenters. The van der Waals surface area contributed by atoms with Crippen molar-refractivity contribution in [3.8, 4) is 0 Å². The van der Waals surface area contributed by atoms with Gasteiger partial charge in [0.25, 0.3) is 0 Å². The number of benzene rings is 1. The Morgan fingerprint density at radius 3 is 2.67 bits per heavy atom. The molecular weight excluding hydrogens is 372 g/mol. The summed E-state index contributed by atoms with van der Waals surface area (Å²) in [6.45, 7) is 8.39. The second-order valence-electron chi connectivity index (χ2n) is 8.46. The Kier molecular flexibility index (Phi) is 3.58. The van der Waals surface area contributed by atoms with E-state index in [4.69, 9.17) is 15.1 Å². The van der Waals surface area contributed by atoms with Gasteiger partial charge in [0.15, 0.2) is 11.5 Å². The topological polar surface area (TPSA) is 60.4 Å². The van der Waals surface area contributed by atoms with Gasteiger partial charge in [-0.2, -0.15) is 5.10 Å². The van der Waals surface area contributed by atoms with Crippen molar-refractivity contribution < 1.29 is 0 Å². The van der Waals surface area contributed by atoms with Crippen LogP contribution in [0.3, 0.4) is 0 Å². The maximum absolute atomic E-state index is 5.13. The van der Waals surface area contributed by atoms with Gasteiger partial charge >= 0.3 is 0 Å². The van der Waals surface area contributed by atoms with Gasteiger partial charge < -0.3 is 4.40 Å². The average Bonchev–Trinajstić information content (AvgIpc) is 3.28. The quantitative estimate of drug-likeness (QED) is 0.444. The first-order valence-electron chi connectivity index (χ1n) is 10.6. The monoisotopic (exact) mass is 396 g/mol. The summed E-state index contributed by atoms with van der Waals surface area (Å²) in [7, 11) is 0. The summed E-state index contributed by atoms with van der Waals surface area (Å²) in [5, 5.41) is 7.33. The maximum Gasteiger partial charge on any atom is 0.177 e. The summed E-state index contributed by atoms with van der Waals surface area (Å²) < 4.78 is 4.16. The molecule has 0 aliphatic heterocycles. The minimum Gasteiger partial charge on any atom is -0.304 e. The number of fused-ring (bicyclic) bond motifs is 4. The third kappa shape index (κ3) is 2.36. The van der Waals surface area contributed by atoms with Gasteiger partial charge in [-0.3, -0.25) is 4.98 Å². The molecule has 0 radical (unpaired) electrons. The van der Waals surface area contributed by atoms with Crippen molar-refractivity contribution in [3.05, 3.63) is 70.8 Å². The van der Waals surface area contributed by atoms with E-state index in [-0.39, 0.29) is 0 Å². The molecule has 1 aliphatic carbocycles. The molecule has 0 amide bonds. The van der Waals surface area contributed by atoms with Crippen LogP contribution in [-0.2, 0) is 6.42 Å². The van der Waals surface area contributed by atoms with Crippen LogP contribution in [0.2, 0.25) is 0 Å². The van der Waals surface area contributed by atoms with Crippen LogP contribution in [0.5, 0.6) is 0 Å². The highest BCUT2D eigenvalue weighted by atomic mass is 15.3. The second-order valence-corrected chi connectivity index (χ2v) is 8.46. The lowest BCUT2D eigenvalue weighted by molar-refractivity contribution is 0.827. The first-order chi connectivity index (χ1) is 14.6. The Balaban J connectivity index is 1.44. The normalized spacial score (nSPS) is 18.7. The van der Waals surface area contributed by atoms with Crippen molar-refractivity contribution in [1.82, 2.24) is 29.0 Å². The molecule has 1 aromatic carbocycles. The molecule has 2 unspecified atom stereocenters. The summed E-state index contributed by atoms with van der Waals surface area (Å²) in [4.78, 5) is 14.4. The number of rotatable bonds is 3. The number of imidazole rings is 1. The average molecular weight is 396 g/mol. The first-order valence-corrected chi connectivity index (χ1v) is 10.6. The van der Waals surface area contributed by atoms with E-state index >= 15 is 0 Å². The van der Waals surface area contributed by atoms with Gasteiger partial charge in [0.05, 0.1) is 17.1 Å². The number of aryl methyl sites for hydroxylation is 4. The molecule has 1 aliphatic rings. The third-order valence-electron chi connectivity index (χ3n) is 6.59. The van der Waals surface area contributed by atoms with Crippen molar-refractivity contribution in [2.75, 3.05) is 0 Å². The van der Waals surface area contributed by atoms with Crippen molar-refractivity contribution in [3.63, 3.8) is 0 Å².